The zero-order valence-corrected chi connectivity index (χ0v) is 9.57. The summed E-state index contributed by atoms with van der Waals surface area (Å²) in [4.78, 5) is 14.1. The van der Waals surface area contributed by atoms with Crippen molar-refractivity contribution in [1.29, 1.82) is 0 Å². The van der Waals surface area contributed by atoms with Crippen LogP contribution in [0.2, 0.25) is 0 Å². The quantitative estimate of drug-likeness (QED) is 0.296. The summed E-state index contributed by atoms with van der Waals surface area (Å²) in [5.74, 6) is -1.10. The number of esters is 1. The van der Waals surface area contributed by atoms with Crippen molar-refractivity contribution in [3.63, 3.8) is 0 Å². The molecule has 0 unspecified atom stereocenters. The summed E-state index contributed by atoms with van der Waals surface area (Å²) < 4.78 is 16.7. The van der Waals surface area contributed by atoms with Crippen molar-refractivity contribution in [2.45, 2.75) is 50.4 Å². The predicted molar refractivity (Wildman–Crippen MR) is 54.7 cm³/mol. The molecule has 1 saturated carbocycles. The summed E-state index contributed by atoms with van der Waals surface area (Å²) in [7, 11) is 0. The smallest absolute Gasteiger partial charge is 0.306 e. The number of carbonyl (C=O) groups excluding carboxylic acids is 1. The molecule has 0 bridgehead atoms. The average molecular weight is 239 g/mol. The van der Waals surface area contributed by atoms with Gasteiger partial charge in [0.25, 0.3) is 0 Å². The number of ether oxygens (including phenoxy) is 3. The van der Waals surface area contributed by atoms with Crippen molar-refractivity contribution >= 4 is 5.97 Å². The Kier molecular flexibility index (Phi) is 2.13. The normalized spacial score (nSPS) is 46.0. The summed E-state index contributed by atoms with van der Waals surface area (Å²) >= 11 is 0. The highest BCUT2D eigenvalue weighted by molar-refractivity contribution is 5.72. The molecule has 7 nitrogen and oxygen atoms in total. The molecule has 3 rings (SSSR count). The van der Waals surface area contributed by atoms with E-state index < -0.39 is 5.79 Å². The van der Waals surface area contributed by atoms with Gasteiger partial charge < -0.3 is 14.2 Å². The zero-order chi connectivity index (χ0) is 12.2. The minimum Gasteiger partial charge on any atom is -0.459 e. The minimum absolute atomic E-state index is 0.121. The van der Waals surface area contributed by atoms with Gasteiger partial charge in [-0.15, -0.1) is 0 Å². The molecule has 2 heterocycles. The molecular weight excluding hydrogens is 226 g/mol. The van der Waals surface area contributed by atoms with E-state index in [0.717, 1.165) is 0 Å². The zero-order valence-electron chi connectivity index (χ0n) is 9.57. The molecule has 0 spiro atoms. The van der Waals surface area contributed by atoms with E-state index in [2.05, 4.69) is 10.0 Å². The van der Waals surface area contributed by atoms with Crippen molar-refractivity contribution in [3.05, 3.63) is 10.4 Å². The summed E-state index contributed by atoms with van der Waals surface area (Å²) in [6, 6.07) is -0.386. The number of rotatable bonds is 1. The van der Waals surface area contributed by atoms with Crippen LogP contribution in [0.3, 0.4) is 0 Å². The Hall–Kier alpha value is -1.30. The van der Waals surface area contributed by atoms with Crippen LogP contribution in [0.15, 0.2) is 5.11 Å². The molecule has 7 heteroatoms. The molecule has 0 aromatic rings. The van der Waals surface area contributed by atoms with E-state index in [-0.39, 0.29) is 42.7 Å². The van der Waals surface area contributed by atoms with Crippen molar-refractivity contribution in [2.75, 3.05) is 0 Å². The van der Waals surface area contributed by atoms with Crippen LogP contribution in [0.4, 0.5) is 0 Å². The maximum atomic E-state index is 11.3. The van der Waals surface area contributed by atoms with Crippen molar-refractivity contribution in [2.24, 2.45) is 11.0 Å². The van der Waals surface area contributed by atoms with Crippen LogP contribution in [-0.2, 0) is 19.0 Å². The van der Waals surface area contributed by atoms with Gasteiger partial charge in [-0.3, -0.25) is 4.79 Å². The molecule has 5 atom stereocenters. The maximum absolute atomic E-state index is 11.3. The summed E-state index contributed by atoms with van der Waals surface area (Å²) in [5.41, 5.74) is 8.60. The number of hydrogen-bond acceptors (Lipinski definition) is 5. The van der Waals surface area contributed by atoms with E-state index in [9.17, 15) is 4.79 Å². The molecule has 17 heavy (non-hydrogen) atoms. The molecular formula is C10H13N3O4. The van der Waals surface area contributed by atoms with Crippen LogP contribution in [0.1, 0.15) is 20.3 Å². The molecule has 3 fully saturated rings. The summed E-state index contributed by atoms with van der Waals surface area (Å²) in [5, 5.41) is 3.75. The lowest BCUT2D eigenvalue weighted by Crippen LogP contribution is -2.31. The number of hydrogen-bond donors (Lipinski definition) is 0. The third-order valence-corrected chi connectivity index (χ3v) is 3.54. The maximum Gasteiger partial charge on any atom is 0.306 e. The van der Waals surface area contributed by atoms with Gasteiger partial charge in [0.15, 0.2) is 5.79 Å². The molecule has 0 N–H and O–H groups in total. The lowest BCUT2D eigenvalue weighted by atomic mass is 10.00. The van der Waals surface area contributed by atoms with Crippen molar-refractivity contribution in [3.8, 4) is 0 Å². The monoisotopic (exact) mass is 239 g/mol. The highest BCUT2D eigenvalue weighted by Crippen LogP contribution is 2.47. The Labute approximate surface area is 97.6 Å². The topological polar surface area (TPSA) is 93.5 Å². The van der Waals surface area contributed by atoms with Crippen LogP contribution in [0.5, 0.6) is 0 Å². The van der Waals surface area contributed by atoms with Gasteiger partial charge in [-0.05, 0) is 19.4 Å². The standard InChI is InChI=1S/C10H13N3O4/c1-10(2)16-8-6(12-13-11)4-3-5(14)15-7(4)9(8)17-10/h4,6-9H,3H2,1-2H3/t4-,6+,7-,8-,9+/m1/s1. The first kappa shape index (κ1) is 10.8. The molecule has 2 aliphatic heterocycles. The highest BCUT2D eigenvalue weighted by atomic mass is 16.8. The Morgan fingerprint density at radius 1 is 1.35 bits per heavy atom. The Morgan fingerprint density at radius 2 is 2.06 bits per heavy atom. The fourth-order valence-electron chi connectivity index (χ4n) is 3.01. The Balaban J connectivity index is 1.93. The van der Waals surface area contributed by atoms with E-state index in [4.69, 9.17) is 19.7 Å². The number of fused-ring (bicyclic) bond motifs is 3. The molecule has 0 aromatic carbocycles. The largest absolute Gasteiger partial charge is 0.459 e. The van der Waals surface area contributed by atoms with Gasteiger partial charge in [0.1, 0.15) is 12.2 Å². The molecule has 0 aromatic heterocycles. The Morgan fingerprint density at radius 3 is 2.76 bits per heavy atom. The van der Waals surface area contributed by atoms with Gasteiger partial charge in [0, 0.05) is 10.8 Å². The van der Waals surface area contributed by atoms with E-state index in [1.807, 2.05) is 0 Å². The van der Waals surface area contributed by atoms with Gasteiger partial charge >= 0.3 is 5.97 Å². The highest BCUT2D eigenvalue weighted by Gasteiger charge is 2.62. The van der Waals surface area contributed by atoms with E-state index in [1.54, 1.807) is 13.8 Å². The third-order valence-electron chi connectivity index (χ3n) is 3.54. The second-order valence-corrected chi connectivity index (χ2v) is 5.08. The van der Waals surface area contributed by atoms with Crippen molar-refractivity contribution in [1.82, 2.24) is 0 Å². The second-order valence-electron chi connectivity index (χ2n) is 5.08. The van der Waals surface area contributed by atoms with Gasteiger partial charge in [0.2, 0.25) is 0 Å². The molecule has 3 aliphatic rings. The average Bonchev–Trinajstić information content (AvgIpc) is 2.80. The fraction of sp³-hybridized carbons (Fsp3) is 0.900. The first-order valence-electron chi connectivity index (χ1n) is 5.61. The van der Waals surface area contributed by atoms with Gasteiger partial charge in [-0.2, -0.15) is 0 Å². The molecule has 92 valence electrons. The van der Waals surface area contributed by atoms with Crippen LogP contribution in [0, 0.1) is 5.92 Å². The fourth-order valence-corrected chi connectivity index (χ4v) is 3.01. The number of carbonyl (C=O) groups is 1. The first-order chi connectivity index (χ1) is 8.02. The number of azide groups is 1. The number of nitrogens with zero attached hydrogens (tertiary/aromatic N) is 3. The predicted octanol–water partition coefficient (Wildman–Crippen LogP) is 1.13. The molecule has 0 amide bonds. The van der Waals surface area contributed by atoms with E-state index in [0.29, 0.717) is 0 Å². The minimum atomic E-state index is -0.724. The van der Waals surface area contributed by atoms with Crippen LogP contribution < -0.4 is 0 Å². The lowest BCUT2D eigenvalue weighted by Gasteiger charge is -2.23. The third kappa shape index (κ3) is 1.50. The molecule has 0 radical (unpaired) electrons. The van der Waals surface area contributed by atoms with Crippen LogP contribution >= 0.6 is 0 Å². The molecule has 1 aliphatic carbocycles. The lowest BCUT2D eigenvalue weighted by molar-refractivity contribution is -0.171. The summed E-state index contributed by atoms with van der Waals surface area (Å²) in [6.07, 6.45) is -0.708. The van der Waals surface area contributed by atoms with Crippen LogP contribution in [0.25, 0.3) is 10.4 Å². The molecule has 2 saturated heterocycles. The second kappa shape index (κ2) is 3.35. The van der Waals surface area contributed by atoms with Gasteiger partial charge in [-0.1, -0.05) is 5.11 Å². The van der Waals surface area contributed by atoms with Crippen LogP contribution in [-0.4, -0.2) is 36.1 Å². The van der Waals surface area contributed by atoms with Gasteiger partial charge in [0.05, 0.1) is 18.6 Å². The van der Waals surface area contributed by atoms with Crippen molar-refractivity contribution < 1.29 is 19.0 Å². The first-order valence-corrected chi connectivity index (χ1v) is 5.61. The van der Waals surface area contributed by atoms with E-state index in [1.165, 1.54) is 0 Å². The van der Waals surface area contributed by atoms with Gasteiger partial charge in [-0.25, -0.2) is 0 Å². The SMILES string of the molecule is CC1(C)O[C@H]2[C@@H]3OC(=O)C[C@@H]3[C@H](N=[N+]=[N-])[C@H]2O1. The summed E-state index contributed by atoms with van der Waals surface area (Å²) in [6.45, 7) is 3.59. The Bertz CT molecular complexity index is 418. The van der Waals surface area contributed by atoms with E-state index >= 15 is 0 Å².